The van der Waals surface area contributed by atoms with E-state index < -0.39 is 5.97 Å². The first-order valence-corrected chi connectivity index (χ1v) is 7.09. The number of carbonyl (C=O) groups excluding carboxylic acids is 1. The Bertz CT molecular complexity index is 900. The number of ether oxygens (including phenoxy) is 2. The van der Waals surface area contributed by atoms with Crippen molar-refractivity contribution in [3.8, 4) is 5.75 Å². The van der Waals surface area contributed by atoms with Crippen LogP contribution in [-0.4, -0.2) is 17.5 Å². The summed E-state index contributed by atoms with van der Waals surface area (Å²) < 4.78 is 11.8. The molecule has 0 bridgehead atoms. The van der Waals surface area contributed by atoms with Gasteiger partial charge in [0.2, 0.25) is 0 Å². The van der Waals surface area contributed by atoms with Gasteiger partial charge in [0.05, 0.1) is 18.9 Å². The second-order valence-electron chi connectivity index (χ2n) is 5.01. The van der Waals surface area contributed by atoms with Gasteiger partial charge in [-0.15, -0.1) is 0 Å². The summed E-state index contributed by atoms with van der Waals surface area (Å²) in [4.78, 5) is 23.7. The van der Waals surface area contributed by atoms with Crippen molar-refractivity contribution in [1.29, 1.82) is 0 Å². The molecule has 0 unspecified atom stereocenters. The summed E-state index contributed by atoms with van der Waals surface area (Å²) in [5.41, 5.74) is 1.56. The molecule has 0 amide bonds. The molecular weight excluding hydrogens is 294 g/mol. The van der Waals surface area contributed by atoms with Crippen LogP contribution < -0.4 is 10.3 Å². The maximum Gasteiger partial charge on any atom is 0.338 e. The smallest absolute Gasteiger partial charge is 0.338 e. The number of hydrogen-bond donors (Lipinski definition) is 0. The number of fused-ring (bicyclic) bond motifs is 1. The van der Waals surface area contributed by atoms with Crippen LogP contribution in [0.1, 0.15) is 15.9 Å². The highest BCUT2D eigenvalue weighted by Crippen LogP contribution is 2.15. The molecule has 0 saturated carbocycles. The third-order valence-electron chi connectivity index (χ3n) is 3.44. The summed E-state index contributed by atoms with van der Waals surface area (Å²) in [7, 11) is 1.28. The van der Waals surface area contributed by atoms with Gasteiger partial charge in [-0.2, -0.15) is 0 Å². The molecule has 23 heavy (non-hydrogen) atoms. The van der Waals surface area contributed by atoms with Gasteiger partial charge in [0.1, 0.15) is 12.4 Å². The minimum Gasteiger partial charge on any atom is -0.487 e. The Labute approximate surface area is 132 Å². The molecule has 0 spiro atoms. The Kier molecular flexibility index (Phi) is 4.10. The lowest BCUT2D eigenvalue weighted by Gasteiger charge is -2.09. The Hall–Kier alpha value is -3.08. The normalized spacial score (nSPS) is 10.5. The molecule has 2 heterocycles. The fourth-order valence-electron chi connectivity index (χ4n) is 2.27. The fourth-order valence-corrected chi connectivity index (χ4v) is 2.27. The van der Waals surface area contributed by atoms with Crippen molar-refractivity contribution >= 4 is 11.5 Å². The Balaban J connectivity index is 1.89. The predicted molar refractivity (Wildman–Crippen MR) is 85.8 cm³/mol. The number of hydrogen-bond acceptors (Lipinski definition) is 4. The molecule has 3 aromatic rings. The maximum absolute atomic E-state index is 12.1. The molecule has 0 aliphatic heterocycles. The summed E-state index contributed by atoms with van der Waals surface area (Å²) in [6, 6.07) is 16.1. The number of aromatic nitrogens is 1. The molecule has 0 aliphatic carbocycles. The summed E-state index contributed by atoms with van der Waals surface area (Å²) in [5.74, 6) is 0.0447. The molecule has 2 aromatic heterocycles. The molecule has 0 fully saturated rings. The molecule has 0 N–H and O–H groups in total. The van der Waals surface area contributed by atoms with Crippen molar-refractivity contribution in [3.05, 3.63) is 82.3 Å². The highest BCUT2D eigenvalue weighted by atomic mass is 16.5. The lowest BCUT2D eigenvalue weighted by atomic mass is 10.2. The van der Waals surface area contributed by atoms with Crippen LogP contribution in [0.5, 0.6) is 5.75 Å². The summed E-state index contributed by atoms with van der Waals surface area (Å²) in [6.45, 7) is 0.418. The van der Waals surface area contributed by atoms with Crippen molar-refractivity contribution < 1.29 is 14.3 Å². The molecular formula is C18H15NO4. The Morgan fingerprint density at radius 3 is 2.61 bits per heavy atom. The minimum atomic E-state index is -0.533. The van der Waals surface area contributed by atoms with E-state index in [0.29, 0.717) is 17.9 Å². The SMILES string of the molecule is COC(=O)c1cc(=O)n2cc(OCc3ccccc3)ccc2c1. The standard InChI is InChI=1S/C18H15NO4/c1-22-18(21)14-9-15-7-8-16(11-19(15)17(20)10-14)23-12-13-5-3-2-4-6-13/h2-11H,12H2,1H3. The lowest BCUT2D eigenvalue weighted by Crippen LogP contribution is -2.16. The van der Waals surface area contributed by atoms with E-state index in [2.05, 4.69) is 4.74 Å². The first-order chi connectivity index (χ1) is 11.2. The summed E-state index contributed by atoms with van der Waals surface area (Å²) >= 11 is 0. The molecule has 0 saturated heterocycles. The monoisotopic (exact) mass is 309 g/mol. The van der Waals surface area contributed by atoms with Gasteiger partial charge in [-0.1, -0.05) is 30.3 Å². The van der Waals surface area contributed by atoms with Crippen molar-refractivity contribution in [2.75, 3.05) is 7.11 Å². The first kappa shape index (κ1) is 14.8. The molecule has 3 rings (SSSR count). The zero-order chi connectivity index (χ0) is 16.2. The number of benzene rings is 1. The predicted octanol–water partition coefficient (Wildman–Crippen LogP) is 2.67. The number of methoxy groups -OCH3 is 1. The van der Waals surface area contributed by atoms with Crippen LogP contribution in [-0.2, 0) is 11.3 Å². The molecule has 5 nitrogen and oxygen atoms in total. The average Bonchev–Trinajstić information content (AvgIpc) is 2.60. The molecule has 1 aromatic carbocycles. The zero-order valence-electron chi connectivity index (χ0n) is 12.6. The number of pyridine rings is 2. The van der Waals surface area contributed by atoms with E-state index in [1.165, 1.54) is 17.6 Å². The van der Waals surface area contributed by atoms with Crippen LogP contribution in [0.15, 0.2) is 65.6 Å². The fraction of sp³-hybridized carbons (Fsp3) is 0.111. The van der Waals surface area contributed by atoms with Gasteiger partial charge >= 0.3 is 5.97 Å². The molecule has 0 atom stereocenters. The van der Waals surface area contributed by atoms with Gasteiger partial charge in [-0.3, -0.25) is 9.20 Å². The van der Waals surface area contributed by atoms with Crippen molar-refractivity contribution in [2.24, 2.45) is 0 Å². The van der Waals surface area contributed by atoms with Crippen molar-refractivity contribution in [1.82, 2.24) is 4.40 Å². The van der Waals surface area contributed by atoms with Crippen molar-refractivity contribution in [2.45, 2.75) is 6.61 Å². The molecule has 0 aliphatic rings. The number of rotatable bonds is 4. The number of esters is 1. The first-order valence-electron chi connectivity index (χ1n) is 7.09. The third kappa shape index (κ3) is 3.23. The van der Waals surface area contributed by atoms with Crippen LogP contribution in [0.4, 0.5) is 0 Å². The van der Waals surface area contributed by atoms with Gasteiger partial charge in [0, 0.05) is 11.6 Å². The molecule has 116 valence electrons. The quantitative estimate of drug-likeness (QED) is 0.695. The van der Waals surface area contributed by atoms with Gasteiger partial charge < -0.3 is 9.47 Å². The molecule has 0 radical (unpaired) electrons. The van der Waals surface area contributed by atoms with Crippen LogP contribution in [0.25, 0.3) is 5.52 Å². The summed E-state index contributed by atoms with van der Waals surface area (Å²) in [5, 5.41) is 0. The highest BCUT2D eigenvalue weighted by Gasteiger charge is 2.09. The maximum atomic E-state index is 12.1. The Morgan fingerprint density at radius 2 is 1.87 bits per heavy atom. The van der Waals surface area contributed by atoms with Crippen LogP contribution in [0, 0.1) is 0 Å². The number of carbonyl (C=O) groups is 1. The van der Waals surface area contributed by atoms with E-state index in [1.54, 1.807) is 24.4 Å². The van der Waals surface area contributed by atoms with E-state index >= 15 is 0 Å². The van der Waals surface area contributed by atoms with Crippen molar-refractivity contribution in [3.63, 3.8) is 0 Å². The van der Waals surface area contributed by atoms with Crippen LogP contribution >= 0.6 is 0 Å². The molecule has 5 heteroatoms. The second kappa shape index (κ2) is 6.36. The van der Waals surface area contributed by atoms with Gasteiger partial charge in [-0.05, 0) is 23.8 Å². The van der Waals surface area contributed by atoms with E-state index in [4.69, 9.17) is 4.74 Å². The van der Waals surface area contributed by atoms with Gasteiger partial charge in [-0.25, -0.2) is 4.79 Å². The largest absolute Gasteiger partial charge is 0.487 e. The Morgan fingerprint density at radius 1 is 1.09 bits per heavy atom. The van der Waals surface area contributed by atoms with E-state index in [9.17, 15) is 9.59 Å². The van der Waals surface area contributed by atoms with Crippen LogP contribution in [0.3, 0.4) is 0 Å². The summed E-state index contributed by atoms with van der Waals surface area (Å²) in [6.07, 6.45) is 1.61. The number of nitrogens with zero attached hydrogens (tertiary/aromatic N) is 1. The zero-order valence-corrected chi connectivity index (χ0v) is 12.6. The lowest BCUT2D eigenvalue weighted by molar-refractivity contribution is 0.0600. The highest BCUT2D eigenvalue weighted by molar-refractivity contribution is 5.90. The minimum absolute atomic E-state index is 0.232. The van der Waals surface area contributed by atoms with Gasteiger partial charge in [0.25, 0.3) is 5.56 Å². The van der Waals surface area contributed by atoms with E-state index in [0.717, 1.165) is 5.56 Å². The van der Waals surface area contributed by atoms with E-state index in [-0.39, 0.29) is 11.1 Å². The van der Waals surface area contributed by atoms with Crippen LogP contribution in [0.2, 0.25) is 0 Å². The van der Waals surface area contributed by atoms with E-state index in [1.807, 2.05) is 30.3 Å². The third-order valence-corrected chi connectivity index (χ3v) is 3.44. The topological polar surface area (TPSA) is 57.0 Å². The van der Waals surface area contributed by atoms with Gasteiger partial charge in [0.15, 0.2) is 0 Å². The second-order valence-corrected chi connectivity index (χ2v) is 5.01. The average molecular weight is 309 g/mol.